The van der Waals surface area contributed by atoms with Crippen molar-refractivity contribution in [3.8, 4) is 0 Å². The molecule has 2 aliphatic carbocycles. The van der Waals surface area contributed by atoms with Gasteiger partial charge in [-0.05, 0) is 87.6 Å². The van der Waals surface area contributed by atoms with Crippen molar-refractivity contribution < 1.29 is 9.59 Å². The Morgan fingerprint density at radius 3 is 2.57 bits per heavy atom. The van der Waals surface area contributed by atoms with Gasteiger partial charge in [-0.1, -0.05) is 6.58 Å². The fraction of sp³-hybridized carbons (Fsp3) is 0.762. The highest BCUT2D eigenvalue weighted by atomic mass is 16.1. The van der Waals surface area contributed by atoms with Crippen LogP contribution in [0.2, 0.25) is 0 Å². The molecule has 9 nitrogen and oxygen atoms in total. The highest BCUT2D eigenvalue weighted by molar-refractivity contribution is 5.87. The lowest BCUT2D eigenvalue weighted by molar-refractivity contribution is -0.119. The Hall–Kier alpha value is -2.29. The van der Waals surface area contributed by atoms with Crippen LogP contribution in [-0.2, 0) is 21.7 Å². The Morgan fingerprint density at radius 2 is 1.97 bits per heavy atom. The molecule has 1 aromatic heterocycles. The molecule has 2 aliphatic rings. The second-order valence-corrected chi connectivity index (χ2v) is 9.90. The molecule has 1 unspecified atom stereocenters. The van der Waals surface area contributed by atoms with Crippen molar-refractivity contribution >= 4 is 11.8 Å². The van der Waals surface area contributed by atoms with Gasteiger partial charge in [0.1, 0.15) is 0 Å². The molecule has 1 aromatic rings. The van der Waals surface area contributed by atoms with Crippen molar-refractivity contribution in [3.63, 3.8) is 0 Å². The van der Waals surface area contributed by atoms with E-state index in [0.717, 1.165) is 31.6 Å². The van der Waals surface area contributed by atoms with Crippen LogP contribution < -0.4 is 16.4 Å². The minimum absolute atomic E-state index is 0.199. The first-order chi connectivity index (χ1) is 14.1. The first-order valence-electron chi connectivity index (χ1n) is 10.9. The maximum Gasteiger partial charge on any atom is 0.243 e. The van der Waals surface area contributed by atoms with Gasteiger partial charge in [-0.25, -0.2) is 4.68 Å². The van der Waals surface area contributed by atoms with Gasteiger partial charge < -0.3 is 16.4 Å². The predicted octanol–water partition coefficient (Wildman–Crippen LogP) is 1.40. The number of rotatable bonds is 12. The van der Waals surface area contributed by atoms with E-state index in [1.54, 1.807) is 0 Å². The van der Waals surface area contributed by atoms with Gasteiger partial charge in [0.25, 0.3) is 0 Å². The number of hydrogen-bond donors (Lipinski definition) is 3. The second kappa shape index (κ2) is 8.83. The summed E-state index contributed by atoms with van der Waals surface area (Å²) in [5.41, 5.74) is 4.28. The SMILES string of the molecule is C=CC(=O)NC(C)(C)CC(C)(NC1CC(CCC(N)=O)C1)c1nnnn1CC1CC1. The summed E-state index contributed by atoms with van der Waals surface area (Å²) in [5.74, 6) is 1.52. The van der Waals surface area contributed by atoms with E-state index >= 15 is 0 Å². The fourth-order valence-corrected chi connectivity index (χ4v) is 4.66. The Balaban J connectivity index is 1.73. The van der Waals surface area contributed by atoms with Crippen molar-refractivity contribution in [2.24, 2.45) is 17.6 Å². The van der Waals surface area contributed by atoms with Crippen LogP contribution in [0.5, 0.6) is 0 Å². The number of nitrogens with two attached hydrogens (primary N) is 1. The van der Waals surface area contributed by atoms with Gasteiger partial charge in [0.15, 0.2) is 5.82 Å². The third-order valence-corrected chi connectivity index (χ3v) is 6.15. The first-order valence-corrected chi connectivity index (χ1v) is 10.9. The molecule has 2 amide bonds. The summed E-state index contributed by atoms with van der Waals surface area (Å²) in [6, 6.07) is 0.310. The van der Waals surface area contributed by atoms with Crippen LogP contribution in [0.4, 0.5) is 0 Å². The van der Waals surface area contributed by atoms with Gasteiger partial charge in [0.2, 0.25) is 11.8 Å². The summed E-state index contributed by atoms with van der Waals surface area (Å²) in [4.78, 5) is 23.0. The van der Waals surface area contributed by atoms with E-state index in [0.29, 0.717) is 30.7 Å². The summed E-state index contributed by atoms with van der Waals surface area (Å²) in [7, 11) is 0. The van der Waals surface area contributed by atoms with Crippen LogP contribution in [0, 0.1) is 11.8 Å². The van der Waals surface area contributed by atoms with Gasteiger partial charge in [-0.2, -0.15) is 0 Å². The number of primary amides is 1. The van der Waals surface area contributed by atoms with Gasteiger partial charge in [-0.15, -0.1) is 5.10 Å². The molecule has 1 heterocycles. The molecule has 9 heteroatoms. The number of hydrogen-bond acceptors (Lipinski definition) is 6. The molecule has 166 valence electrons. The van der Waals surface area contributed by atoms with Gasteiger partial charge in [0, 0.05) is 24.5 Å². The van der Waals surface area contributed by atoms with Crippen molar-refractivity contribution in [2.45, 2.75) is 89.4 Å². The van der Waals surface area contributed by atoms with Gasteiger partial charge in [-0.3, -0.25) is 9.59 Å². The Bertz CT molecular complexity index is 780. The van der Waals surface area contributed by atoms with E-state index in [4.69, 9.17) is 5.73 Å². The number of carbonyl (C=O) groups excluding carboxylic acids is 2. The topological polar surface area (TPSA) is 128 Å². The van der Waals surface area contributed by atoms with Crippen LogP contribution in [-0.4, -0.2) is 43.6 Å². The number of nitrogens with zero attached hydrogens (tertiary/aromatic N) is 4. The minimum atomic E-state index is -0.518. The maximum atomic E-state index is 11.9. The quantitative estimate of drug-likeness (QED) is 0.441. The summed E-state index contributed by atoms with van der Waals surface area (Å²) < 4.78 is 1.92. The fourth-order valence-electron chi connectivity index (χ4n) is 4.66. The lowest BCUT2D eigenvalue weighted by Crippen LogP contribution is -2.57. The Morgan fingerprint density at radius 1 is 1.27 bits per heavy atom. The van der Waals surface area contributed by atoms with Crippen molar-refractivity contribution in [1.82, 2.24) is 30.8 Å². The molecule has 0 spiro atoms. The first kappa shape index (κ1) is 22.4. The largest absolute Gasteiger partial charge is 0.370 e. The van der Waals surface area contributed by atoms with Crippen LogP contribution >= 0.6 is 0 Å². The van der Waals surface area contributed by atoms with E-state index in [9.17, 15) is 9.59 Å². The lowest BCUT2D eigenvalue weighted by Gasteiger charge is -2.45. The molecule has 1 atom stereocenters. The molecule has 0 bridgehead atoms. The van der Waals surface area contributed by atoms with Crippen molar-refractivity contribution in [1.29, 1.82) is 0 Å². The van der Waals surface area contributed by atoms with E-state index < -0.39 is 11.1 Å². The molecule has 30 heavy (non-hydrogen) atoms. The molecule has 0 radical (unpaired) electrons. The predicted molar refractivity (Wildman–Crippen MR) is 113 cm³/mol. The summed E-state index contributed by atoms with van der Waals surface area (Å²) in [5, 5.41) is 19.4. The van der Waals surface area contributed by atoms with Gasteiger partial charge >= 0.3 is 0 Å². The highest BCUT2D eigenvalue weighted by Crippen LogP contribution is 2.38. The highest BCUT2D eigenvalue weighted by Gasteiger charge is 2.43. The Kier molecular flexibility index (Phi) is 6.59. The van der Waals surface area contributed by atoms with Crippen LogP contribution in [0.15, 0.2) is 12.7 Å². The zero-order chi connectivity index (χ0) is 21.9. The van der Waals surface area contributed by atoms with Crippen LogP contribution in [0.25, 0.3) is 0 Å². The van der Waals surface area contributed by atoms with Gasteiger partial charge in [0.05, 0.1) is 5.54 Å². The van der Waals surface area contributed by atoms with E-state index in [1.165, 1.54) is 18.9 Å². The van der Waals surface area contributed by atoms with E-state index in [1.807, 2.05) is 18.5 Å². The number of carbonyl (C=O) groups is 2. The lowest BCUT2D eigenvalue weighted by atomic mass is 9.75. The molecule has 0 aliphatic heterocycles. The average molecular weight is 418 g/mol. The van der Waals surface area contributed by atoms with Crippen molar-refractivity contribution in [2.75, 3.05) is 0 Å². The third kappa shape index (κ3) is 5.87. The summed E-state index contributed by atoms with van der Waals surface area (Å²) >= 11 is 0. The average Bonchev–Trinajstić information content (AvgIpc) is 3.29. The number of tetrazole rings is 1. The number of aromatic nitrogens is 4. The van der Waals surface area contributed by atoms with E-state index in [-0.39, 0.29) is 11.8 Å². The molecule has 0 saturated heterocycles. The molecular weight excluding hydrogens is 382 g/mol. The number of nitrogens with one attached hydrogen (secondary N) is 2. The standard InChI is InChI=1S/C21H35N7O2/c1-5-18(30)24-20(2,3)13-21(4,19-25-26-27-28(19)12-14-6-7-14)23-16-10-15(11-16)8-9-17(22)29/h5,14-16,23H,1,6-13H2,2-4H3,(H2,22,29)(H,24,30). The zero-order valence-electron chi connectivity index (χ0n) is 18.4. The molecule has 4 N–H and O–H groups in total. The molecule has 0 aromatic carbocycles. The normalized spacial score (nSPS) is 23.3. The van der Waals surface area contributed by atoms with Crippen molar-refractivity contribution in [3.05, 3.63) is 18.5 Å². The van der Waals surface area contributed by atoms with Crippen LogP contribution in [0.3, 0.4) is 0 Å². The van der Waals surface area contributed by atoms with Crippen LogP contribution in [0.1, 0.15) is 71.5 Å². The molecule has 2 fully saturated rings. The zero-order valence-corrected chi connectivity index (χ0v) is 18.4. The monoisotopic (exact) mass is 417 g/mol. The second-order valence-electron chi connectivity index (χ2n) is 9.90. The van der Waals surface area contributed by atoms with E-state index in [2.05, 4.69) is 39.7 Å². The Labute approximate surface area is 178 Å². The summed E-state index contributed by atoms with van der Waals surface area (Å²) in [6.45, 7) is 10.5. The number of amides is 2. The maximum absolute atomic E-state index is 11.9. The third-order valence-electron chi connectivity index (χ3n) is 6.15. The summed E-state index contributed by atoms with van der Waals surface area (Å²) in [6.07, 6.45) is 7.60. The molecular formula is C21H35N7O2. The molecule has 3 rings (SSSR count). The smallest absolute Gasteiger partial charge is 0.243 e. The molecule has 2 saturated carbocycles. The minimum Gasteiger partial charge on any atom is -0.370 e.